The second kappa shape index (κ2) is 7.08. The van der Waals surface area contributed by atoms with E-state index in [1.165, 1.54) is 12.1 Å². The lowest BCUT2D eigenvalue weighted by atomic mass is 10.0. The molecule has 4 nitrogen and oxygen atoms in total. The zero-order valence-corrected chi connectivity index (χ0v) is 14.5. The molecule has 0 atom stereocenters. The molecule has 0 bridgehead atoms. The van der Waals surface area contributed by atoms with Crippen molar-refractivity contribution in [3.05, 3.63) is 100 Å². The molecule has 0 aliphatic carbocycles. The highest BCUT2D eigenvalue weighted by atomic mass is 19.2. The van der Waals surface area contributed by atoms with Gasteiger partial charge in [-0.25, -0.2) is 8.78 Å². The Morgan fingerprint density at radius 1 is 0.821 bits per heavy atom. The maximum Gasteiger partial charge on any atom is 0.261 e. The SMILES string of the molecule is O=C(Nc1ccc(F)c(F)c1)c1ccc(-c2ccc3ccccc3c2)[nH]c1=O. The molecule has 3 aromatic carbocycles. The molecule has 0 aliphatic heterocycles. The zero-order valence-electron chi connectivity index (χ0n) is 14.5. The first-order valence-corrected chi connectivity index (χ1v) is 8.50. The van der Waals surface area contributed by atoms with E-state index >= 15 is 0 Å². The van der Waals surface area contributed by atoms with Crippen molar-refractivity contribution in [1.29, 1.82) is 0 Å². The van der Waals surface area contributed by atoms with Gasteiger partial charge >= 0.3 is 0 Å². The minimum Gasteiger partial charge on any atom is -0.322 e. The van der Waals surface area contributed by atoms with Crippen LogP contribution < -0.4 is 10.9 Å². The summed E-state index contributed by atoms with van der Waals surface area (Å²) in [5, 5.41) is 4.49. The highest BCUT2D eigenvalue weighted by molar-refractivity contribution is 6.04. The summed E-state index contributed by atoms with van der Waals surface area (Å²) in [6, 6.07) is 19.6. The summed E-state index contributed by atoms with van der Waals surface area (Å²) in [5.74, 6) is -2.81. The van der Waals surface area contributed by atoms with E-state index in [4.69, 9.17) is 0 Å². The standard InChI is InChI=1S/C22H14F2N2O2/c23-18-9-7-16(12-19(18)24)25-21(27)17-8-10-20(26-22(17)28)15-6-5-13-3-1-2-4-14(13)11-15/h1-12H,(H,25,27)(H,26,28). The van der Waals surface area contributed by atoms with Crippen molar-refractivity contribution in [2.75, 3.05) is 5.32 Å². The molecule has 4 rings (SSSR count). The fraction of sp³-hybridized carbons (Fsp3) is 0. The molecular weight excluding hydrogens is 362 g/mol. The number of nitrogens with one attached hydrogen (secondary N) is 2. The third kappa shape index (κ3) is 3.40. The number of fused-ring (bicyclic) bond motifs is 1. The smallest absolute Gasteiger partial charge is 0.261 e. The van der Waals surface area contributed by atoms with Gasteiger partial charge in [0.25, 0.3) is 11.5 Å². The van der Waals surface area contributed by atoms with Gasteiger partial charge in [-0.3, -0.25) is 9.59 Å². The lowest BCUT2D eigenvalue weighted by Gasteiger charge is -2.07. The number of H-pyrrole nitrogens is 1. The summed E-state index contributed by atoms with van der Waals surface area (Å²) in [6.07, 6.45) is 0. The molecule has 1 aromatic heterocycles. The monoisotopic (exact) mass is 376 g/mol. The van der Waals surface area contributed by atoms with Crippen molar-refractivity contribution in [2.24, 2.45) is 0 Å². The third-order valence-corrected chi connectivity index (χ3v) is 4.39. The van der Waals surface area contributed by atoms with E-state index in [1.807, 2.05) is 42.5 Å². The molecule has 138 valence electrons. The second-order valence-corrected chi connectivity index (χ2v) is 6.26. The minimum atomic E-state index is -1.08. The van der Waals surface area contributed by atoms with Gasteiger partial charge in [-0.2, -0.15) is 0 Å². The van der Waals surface area contributed by atoms with E-state index < -0.39 is 23.1 Å². The summed E-state index contributed by atoms with van der Waals surface area (Å²) < 4.78 is 26.3. The van der Waals surface area contributed by atoms with Crippen LogP contribution in [0.3, 0.4) is 0 Å². The molecule has 0 unspecified atom stereocenters. The number of amides is 1. The first-order valence-electron chi connectivity index (χ1n) is 8.50. The number of halogens is 2. The number of aromatic amines is 1. The zero-order chi connectivity index (χ0) is 19.7. The summed E-state index contributed by atoms with van der Waals surface area (Å²) >= 11 is 0. The van der Waals surface area contributed by atoms with Crippen LogP contribution in [0.4, 0.5) is 14.5 Å². The number of anilines is 1. The number of aromatic nitrogens is 1. The summed E-state index contributed by atoms with van der Waals surface area (Å²) in [4.78, 5) is 27.4. The minimum absolute atomic E-state index is 0.0573. The van der Waals surface area contributed by atoms with E-state index in [-0.39, 0.29) is 11.3 Å². The van der Waals surface area contributed by atoms with Crippen LogP contribution in [0.25, 0.3) is 22.0 Å². The lowest BCUT2D eigenvalue weighted by molar-refractivity contribution is 0.102. The molecule has 1 amide bonds. The third-order valence-electron chi connectivity index (χ3n) is 4.39. The fourth-order valence-electron chi connectivity index (χ4n) is 2.95. The summed E-state index contributed by atoms with van der Waals surface area (Å²) in [5.41, 5.74) is 0.727. The number of pyridine rings is 1. The van der Waals surface area contributed by atoms with Crippen LogP contribution in [-0.4, -0.2) is 10.9 Å². The molecular formula is C22H14F2N2O2. The van der Waals surface area contributed by atoms with Gasteiger partial charge in [0.2, 0.25) is 0 Å². The quantitative estimate of drug-likeness (QED) is 0.543. The van der Waals surface area contributed by atoms with Crippen molar-refractivity contribution in [1.82, 2.24) is 4.98 Å². The van der Waals surface area contributed by atoms with Crippen LogP contribution >= 0.6 is 0 Å². The van der Waals surface area contributed by atoms with Gasteiger partial charge in [-0.1, -0.05) is 36.4 Å². The molecule has 4 aromatic rings. The highest BCUT2D eigenvalue weighted by Gasteiger charge is 2.13. The van der Waals surface area contributed by atoms with E-state index in [1.54, 1.807) is 6.07 Å². The number of carbonyl (C=O) groups is 1. The highest BCUT2D eigenvalue weighted by Crippen LogP contribution is 2.22. The summed E-state index contributed by atoms with van der Waals surface area (Å²) in [7, 11) is 0. The largest absolute Gasteiger partial charge is 0.322 e. The number of hydrogen-bond donors (Lipinski definition) is 2. The number of carbonyl (C=O) groups excluding carboxylic acids is 1. The number of hydrogen-bond acceptors (Lipinski definition) is 2. The Balaban J connectivity index is 1.62. The van der Waals surface area contributed by atoms with Gasteiger partial charge < -0.3 is 10.3 Å². The van der Waals surface area contributed by atoms with Crippen LogP contribution in [0.15, 0.2) is 77.6 Å². The molecule has 0 aliphatic rings. The Labute approximate surface area is 158 Å². The molecule has 0 saturated carbocycles. The first kappa shape index (κ1) is 17.6. The predicted octanol–water partition coefficient (Wildman–Crippen LogP) is 4.73. The van der Waals surface area contributed by atoms with Crippen molar-refractivity contribution in [3.8, 4) is 11.3 Å². The van der Waals surface area contributed by atoms with E-state index in [0.29, 0.717) is 5.69 Å². The van der Waals surface area contributed by atoms with E-state index in [0.717, 1.165) is 28.5 Å². The van der Waals surface area contributed by atoms with Gasteiger partial charge in [0.1, 0.15) is 5.56 Å². The normalized spacial score (nSPS) is 10.8. The molecule has 0 spiro atoms. The molecule has 0 saturated heterocycles. The van der Waals surface area contributed by atoms with Crippen LogP contribution in [0, 0.1) is 11.6 Å². The Morgan fingerprint density at radius 2 is 1.61 bits per heavy atom. The first-order chi connectivity index (χ1) is 13.5. The Morgan fingerprint density at radius 3 is 2.36 bits per heavy atom. The van der Waals surface area contributed by atoms with Gasteiger partial charge in [-0.05, 0) is 46.7 Å². The van der Waals surface area contributed by atoms with Crippen LogP contribution in [0.1, 0.15) is 10.4 Å². The van der Waals surface area contributed by atoms with Crippen LogP contribution in [0.2, 0.25) is 0 Å². The van der Waals surface area contributed by atoms with Crippen molar-refractivity contribution in [3.63, 3.8) is 0 Å². The molecule has 1 heterocycles. The Kier molecular flexibility index (Phi) is 4.45. The topological polar surface area (TPSA) is 62.0 Å². The van der Waals surface area contributed by atoms with Gasteiger partial charge in [0.05, 0.1) is 0 Å². The van der Waals surface area contributed by atoms with Crippen molar-refractivity contribution in [2.45, 2.75) is 0 Å². The summed E-state index contributed by atoms with van der Waals surface area (Å²) in [6.45, 7) is 0. The van der Waals surface area contributed by atoms with Gasteiger partial charge in [-0.15, -0.1) is 0 Å². The molecule has 28 heavy (non-hydrogen) atoms. The average molecular weight is 376 g/mol. The second-order valence-electron chi connectivity index (χ2n) is 6.26. The molecule has 0 radical (unpaired) electrons. The fourth-order valence-corrected chi connectivity index (χ4v) is 2.95. The van der Waals surface area contributed by atoms with Gasteiger partial charge in [0, 0.05) is 17.4 Å². The Bertz CT molecular complexity index is 1260. The maximum absolute atomic E-state index is 13.3. The van der Waals surface area contributed by atoms with Crippen molar-refractivity contribution >= 4 is 22.4 Å². The lowest BCUT2D eigenvalue weighted by Crippen LogP contribution is -2.23. The van der Waals surface area contributed by atoms with E-state index in [2.05, 4.69) is 10.3 Å². The molecule has 2 N–H and O–H groups in total. The van der Waals surface area contributed by atoms with Gasteiger partial charge in [0.15, 0.2) is 11.6 Å². The maximum atomic E-state index is 13.3. The number of benzene rings is 3. The molecule has 0 fully saturated rings. The van der Waals surface area contributed by atoms with Crippen molar-refractivity contribution < 1.29 is 13.6 Å². The predicted molar refractivity (Wildman–Crippen MR) is 104 cm³/mol. The average Bonchev–Trinajstić information content (AvgIpc) is 2.70. The van der Waals surface area contributed by atoms with Crippen LogP contribution in [0.5, 0.6) is 0 Å². The Hall–Kier alpha value is -3.80. The molecule has 6 heteroatoms. The van der Waals surface area contributed by atoms with E-state index in [9.17, 15) is 18.4 Å². The number of rotatable bonds is 3. The van der Waals surface area contributed by atoms with Crippen LogP contribution in [-0.2, 0) is 0 Å².